The largest absolute Gasteiger partial charge is 0.389 e. The van der Waals surface area contributed by atoms with E-state index in [1.807, 2.05) is 0 Å². The molecule has 1 heterocycles. The number of nitrogens with one attached hydrogen (secondary N) is 1. The predicted molar refractivity (Wildman–Crippen MR) is 49.6 cm³/mol. The molecule has 2 atom stereocenters. The van der Waals surface area contributed by atoms with Crippen LogP contribution in [0.5, 0.6) is 0 Å². The second-order valence-electron chi connectivity index (χ2n) is 3.03. The summed E-state index contributed by atoms with van der Waals surface area (Å²) in [5.74, 6) is -0.731. The van der Waals surface area contributed by atoms with Crippen LogP contribution in [-0.4, -0.2) is 32.4 Å². The molecule has 0 fully saturated rings. The SMILES string of the molecule is NC(=O)CC(O)C(O)c1ccc(=O)[nH]n1. The quantitative estimate of drug-likeness (QED) is 0.461. The Hall–Kier alpha value is -1.73. The zero-order valence-corrected chi connectivity index (χ0v) is 7.75. The number of hydrogen-bond acceptors (Lipinski definition) is 5. The fourth-order valence-electron chi connectivity index (χ4n) is 1.03. The van der Waals surface area contributed by atoms with Gasteiger partial charge in [-0.2, -0.15) is 5.10 Å². The number of carbonyl (C=O) groups excluding carboxylic acids is 1. The van der Waals surface area contributed by atoms with Gasteiger partial charge in [0.05, 0.1) is 18.2 Å². The van der Waals surface area contributed by atoms with Crippen LogP contribution in [-0.2, 0) is 4.79 Å². The third-order valence-corrected chi connectivity index (χ3v) is 1.78. The van der Waals surface area contributed by atoms with Gasteiger partial charge in [0.1, 0.15) is 6.10 Å². The highest BCUT2D eigenvalue weighted by Crippen LogP contribution is 2.14. The van der Waals surface area contributed by atoms with Crippen molar-refractivity contribution < 1.29 is 15.0 Å². The number of rotatable bonds is 4. The standard InChI is InChI=1S/C8H11N3O4/c9-6(13)3-5(12)8(15)4-1-2-7(14)11-10-4/h1-2,5,8,12,15H,3H2,(H2,9,13)(H,11,14). The summed E-state index contributed by atoms with van der Waals surface area (Å²) in [7, 11) is 0. The van der Waals surface area contributed by atoms with Crippen molar-refractivity contribution >= 4 is 5.91 Å². The highest BCUT2D eigenvalue weighted by molar-refractivity contribution is 5.74. The molecule has 0 saturated carbocycles. The second kappa shape index (κ2) is 4.67. The molecule has 1 aromatic heterocycles. The first-order chi connectivity index (χ1) is 7.00. The van der Waals surface area contributed by atoms with E-state index in [0.29, 0.717) is 0 Å². The lowest BCUT2D eigenvalue weighted by atomic mass is 10.1. The lowest BCUT2D eigenvalue weighted by molar-refractivity contribution is -0.121. The third kappa shape index (κ3) is 3.15. The van der Waals surface area contributed by atoms with E-state index < -0.39 is 23.7 Å². The molecule has 5 N–H and O–H groups in total. The molecule has 0 aliphatic rings. The summed E-state index contributed by atoms with van der Waals surface area (Å²) < 4.78 is 0. The van der Waals surface area contributed by atoms with E-state index in [4.69, 9.17) is 5.73 Å². The average molecular weight is 213 g/mol. The number of H-pyrrole nitrogens is 1. The average Bonchev–Trinajstić information content (AvgIpc) is 2.17. The normalized spacial score (nSPS) is 14.5. The first-order valence-electron chi connectivity index (χ1n) is 4.21. The van der Waals surface area contributed by atoms with Crippen LogP contribution in [0.15, 0.2) is 16.9 Å². The highest BCUT2D eigenvalue weighted by Gasteiger charge is 2.21. The van der Waals surface area contributed by atoms with E-state index in [2.05, 4.69) is 10.2 Å². The first kappa shape index (κ1) is 11.3. The summed E-state index contributed by atoms with van der Waals surface area (Å²) in [5, 5.41) is 24.4. The van der Waals surface area contributed by atoms with Gasteiger partial charge in [0.15, 0.2) is 0 Å². The maximum atomic E-state index is 10.7. The topological polar surface area (TPSA) is 129 Å². The zero-order valence-electron chi connectivity index (χ0n) is 7.75. The number of aliphatic hydroxyl groups excluding tert-OH is 2. The lowest BCUT2D eigenvalue weighted by Crippen LogP contribution is -2.26. The van der Waals surface area contributed by atoms with Gasteiger partial charge in [-0.25, -0.2) is 5.10 Å². The molecule has 1 rings (SSSR count). The Bertz CT molecular complexity index is 383. The smallest absolute Gasteiger partial charge is 0.264 e. The van der Waals surface area contributed by atoms with Gasteiger partial charge in [-0.3, -0.25) is 9.59 Å². The summed E-state index contributed by atoms with van der Waals surface area (Å²) in [4.78, 5) is 21.1. The molecule has 0 saturated heterocycles. The monoisotopic (exact) mass is 213 g/mol. The minimum atomic E-state index is -1.35. The predicted octanol–water partition coefficient (Wildman–Crippen LogP) is -1.96. The van der Waals surface area contributed by atoms with Crippen molar-refractivity contribution in [3.63, 3.8) is 0 Å². The molecule has 15 heavy (non-hydrogen) atoms. The van der Waals surface area contributed by atoms with E-state index in [9.17, 15) is 19.8 Å². The van der Waals surface area contributed by atoms with Crippen LogP contribution >= 0.6 is 0 Å². The summed E-state index contributed by atoms with van der Waals surface area (Å²) >= 11 is 0. The number of carbonyl (C=O) groups is 1. The molecule has 0 bridgehead atoms. The molecule has 7 heteroatoms. The van der Waals surface area contributed by atoms with Crippen LogP contribution < -0.4 is 11.3 Å². The number of aromatic nitrogens is 2. The lowest BCUT2D eigenvalue weighted by Gasteiger charge is -2.14. The van der Waals surface area contributed by atoms with Gasteiger partial charge >= 0.3 is 0 Å². The molecule has 0 spiro atoms. The molecular formula is C8H11N3O4. The number of amides is 1. The van der Waals surface area contributed by atoms with E-state index >= 15 is 0 Å². The Balaban J connectivity index is 2.75. The van der Waals surface area contributed by atoms with Gasteiger partial charge in [0, 0.05) is 6.07 Å². The number of aliphatic hydroxyl groups is 2. The fourth-order valence-corrected chi connectivity index (χ4v) is 1.03. The van der Waals surface area contributed by atoms with Crippen LogP contribution in [0.1, 0.15) is 18.2 Å². The molecular weight excluding hydrogens is 202 g/mol. The summed E-state index contributed by atoms with van der Waals surface area (Å²) in [6.45, 7) is 0. The maximum Gasteiger partial charge on any atom is 0.264 e. The fraction of sp³-hybridized carbons (Fsp3) is 0.375. The van der Waals surface area contributed by atoms with Gasteiger partial charge in [0.25, 0.3) is 5.56 Å². The van der Waals surface area contributed by atoms with E-state index in [1.165, 1.54) is 6.07 Å². The van der Waals surface area contributed by atoms with Crippen molar-refractivity contribution in [3.8, 4) is 0 Å². The van der Waals surface area contributed by atoms with E-state index in [-0.39, 0.29) is 12.1 Å². The summed E-state index contributed by atoms with van der Waals surface area (Å²) in [6, 6.07) is 2.41. The van der Waals surface area contributed by atoms with Crippen molar-refractivity contribution in [2.45, 2.75) is 18.6 Å². The summed E-state index contributed by atoms with van der Waals surface area (Å²) in [5.41, 5.74) is 4.50. The van der Waals surface area contributed by atoms with Gasteiger partial charge in [0.2, 0.25) is 5.91 Å². The number of aromatic amines is 1. The Labute approximate surface area is 84.6 Å². The number of nitrogens with two attached hydrogens (primary N) is 1. The minimum absolute atomic E-state index is 0.0725. The molecule has 1 amide bonds. The Morgan fingerprint density at radius 3 is 2.67 bits per heavy atom. The molecule has 0 aliphatic heterocycles. The van der Waals surface area contributed by atoms with Crippen molar-refractivity contribution in [2.24, 2.45) is 5.73 Å². The van der Waals surface area contributed by atoms with Crippen molar-refractivity contribution in [1.29, 1.82) is 0 Å². The first-order valence-corrected chi connectivity index (χ1v) is 4.21. The van der Waals surface area contributed by atoms with Gasteiger partial charge < -0.3 is 15.9 Å². The van der Waals surface area contributed by atoms with E-state index in [0.717, 1.165) is 6.07 Å². The Morgan fingerprint density at radius 1 is 1.53 bits per heavy atom. The number of primary amides is 1. The summed E-state index contributed by atoms with van der Waals surface area (Å²) in [6.07, 6.45) is -3.06. The molecule has 2 unspecified atom stereocenters. The van der Waals surface area contributed by atoms with Gasteiger partial charge in [-0.1, -0.05) is 0 Å². The Morgan fingerprint density at radius 2 is 2.20 bits per heavy atom. The molecule has 7 nitrogen and oxygen atoms in total. The number of nitrogens with zero attached hydrogens (tertiary/aromatic N) is 1. The van der Waals surface area contributed by atoms with Crippen LogP contribution in [0, 0.1) is 0 Å². The highest BCUT2D eigenvalue weighted by atomic mass is 16.3. The minimum Gasteiger partial charge on any atom is -0.389 e. The van der Waals surface area contributed by atoms with Crippen molar-refractivity contribution in [1.82, 2.24) is 10.2 Å². The molecule has 0 aliphatic carbocycles. The van der Waals surface area contributed by atoms with E-state index in [1.54, 1.807) is 0 Å². The zero-order chi connectivity index (χ0) is 11.4. The number of hydrogen-bond donors (Lipinski definition) is 4. The van der Waals surface area contributed by atoms with Crippen molar-refractivity contribution in [2.75, 3.05) is 0 Å². The molecule has 0 radical (unpaired) electrons. The van der Waals surface area contributed by atoms with Crippen molar-refractivity contribution in [3.05, 3.63) is 28.2 Å². The Kier molecular flexibility index (Phi) is 3.53. The molecule has 82 valence electrons. The third-order valence-electron chi connectivity index (χ3n) is 1.78. The molecule has 1 aromatic rings. The maximum absolute atomic E-state index is 10.7. The van der Waals surface area contributed by atoms with Crippen LogP contribution in [0.4, 0.5) is 0 Å². The van der Waals surface area contributed by atoms with Crippen LogP contribution in [0.2, 0.25) is 0 Å². The van der Waals surface area contributed by atoms with Crippen LogP contribution in [0.25, 0.3) is 0 Å². The van der Waals surface area contributed by atoms with Gasteiger partial charge in [-0.15, -0.1) is 0 Å². The van der Waals surface area contributed by atoms with Crippen LogP contribution in [0.3, 0.4) is 0 Å². The van der Waals surface area contributed by atoms with Gasteiger partial charge in [-0.05, 0) is 6.07 Å². The second-order valence-corrected chi connectivity index (χ2v) is 3.03. The molecule has 0 aromatic carbocycles.